The molecule has 0 unspecified atom stereocenters. The molecule has 0 N–H and O–H groups in total. The summed E-state index contributed by atoms with van der Waals surface area (Å²) in [5, 5.41) is 0. The summed E-state index contributed by atoms with van der Waals surface area (Å²) in [6.45, 7) is 0. The fourth-order valence-corrected chi connectivity index (χ4v) is 0.206. The van der Waals surface area contributed by atoms with Gasteiger partial charge in [-0.2, -0.15) is 0 Å². The Hall–Kier alpha value is -1.96. The van der Waals surface area contributed by atoms with E-state index >= 15 is 0 Å². The molecule has 0 aromatic rings. The average Bonchev–Trinajstić information content (AvgIpc) is 1.97. The SMILES string of the molecule is C#CC#CC#CC#COC. The van der Waals surface area contributed by atoms with Gasteiger partial charge in [0.2, 0.25) is 0 Å². The molecule has 0 saturated heterocycles. The molecule has 1 nitrogen and oxygen atoms in total. The number of rotatable bonds is 0. The Balaban J connectivity index is 3.85. The van der Waals surface area contributed by atoms with Crippen LogP contribution in [0.4, 0.5) is 0 Å². The molecule has 0 atom stereocenters. The standard InChI is InChI=1S/C9H4O/c1-3-4-5-6-7-8-9-10-2/h1H,2H3. The second kappa shape index (κ2) is 7.04. The summed E-state index contributed by atoms with van der Waals surface area (Å²) in [4.78, 5) is 0. The number of hydrogen-bond donors (Lipinski definition) is 0. The second-order valence-corrected chi connectivity index (χ2v) is 1.08. The Morgan fingerprint density at radius 1 is 1.00 bits per heavy atom. The Bertz CT molecular complexity index is 298. The highest BCUT2D eigenvalue weighted by atomic mass is 16.5. The van der Waals surface area contributed by atoms with E-state index in [2.05, 4.69) is 46.4 Å². The van der Waals surface area contributed by atoms with E-state index in [1.165, 1.54) is 7.11 Å². The molecule has 0 radical (unpaired) electrons. The van der Waals surface area contributed by atoms with Crippen LogP contribution in [0, 0.1) is 48.1 Å². The number of ether oxygens (including phenoxy) is 1. The summed E-state index contributed by atoms with van der Waals surface area (Å²) in [5.41, 5.74) is 0. The van der Waals surface area contributed by atoms with Crippen LogP contribution in [0.25, 0.3) is 0 Å². The zero-order valence-corrected chi connectivity index (χ0v) is 5.49. The molecule has 0 aromatic heterocycles. The first-order valence-corrected chi connectivity index (χ1v) is 2.40. The second-order valence-electron chi connectivity index (χ2n) is 1.08. The molecule has 0 saturated carbocycles. The van der Waals surface area contributed by atoms with Crippen molar-refractivity contribution in [3.8, 4) is 48.1 Å². The molecule has 0 spiro atoms. The molecular weight excluding hydrogens is 124 g/mol. The van der Waals surface area contributed by atoms with Gasteiger partial charge in [0, 0.05) is 17.8 Å². The van der Waals surface area contributed by atoms with E-state index in [1.54, 1.807) is 0 Å². The van der Waals surface area contributed by atoms with E-state index in [4.69, 9.17) is 6.42 Å². The Morgan fingerprint density at radius 2 is 1.60 bits per heavy atom. The lowest BCUT2D eigenvalue weighted by atomic mass is 10.5. The number of methoxy groups -OCH3 is 1. The minimum atomic E-state index is 1.46. The normalized spacial score (nSPS) is 4.00. The third kappa shape index (κ3) is 6.04. The van der Waals surface area contributed by atoms with Gasteiger partial charge in [-0.1, -0.05) is 0 Å². The molecule has 0 aromatic carbocycles. The van der Waals surface area contributed by atoms with Crippen molar-refractivity contribution < 1.29 is 4.74 Å². The summed E-state index contributed by atoms with van der Waals surface area (Å²) in [7, 11) is 1.46. The van der Waals surface area contributed by atoms with E-state index in [1.807, 2.05) is 0 Å². The van der Waals surface area contributed by atoms with Crippen LogP contribution in [0.2, 0.25) is 0 Å². The molecule has 0 aliphatic carbocycles. The third-order valence-electron chi connectivity index (χ3n) is 0.475. The van der Waals surface area contributed by atoms with Gasteiger partial charge < -0.3 is 4.74 Å². The van der Waals surface area contributed by atoms with Crippen LogP contribution >= 0.6 is 0 Å². The van der Waals surface area contributed by atoms with E-state index in [9.17, 15) is 0 Å². The van der Waals surface area contributed by atoms with Crippen molar-refractivity contribution in [2.45, 2.75) is 0 Å². The summed E-state index contributed by atoms with van der Waals surface area (Å²) in [5.74, 6) is 14.0. The highest BCUT2D eigenvalue weighted by Crippen LogP contribution is 1.55. The summed E-state index contributed by atoms with van der Waals surface area (Å²) in [6.07, 6.45) is 7.10. The average molecular weight is 128 g/mol. The molecular formula is C9H4O. The predicted octanol–water partition coefficient (Wildman–Crippen LogP) is 0.234. The van der Waals surface area contributed by atoms with Crippen molar-refractivity contribution in [2.75, 3.05) is 7.11 Å². The Morgan fingerprint density at radius 3 is 2.20 bits per heavy atom. The molecule has 0 bridgehead atoms. The molecule has 0 fully saturated rings. The van der Waals surface area contributed by atoms with Gasteiger partial charge in [-0.05, 0) is 17.8 Å². The minimum Gasteiger partial charge on any atom is -0.449 e. The zero-order chi connectivity index (χ0) is 7.66. The van der Waals surface area contributed by atoms with Gasteiger partial charge in [-0.3, -0.25) is 0 Å². The molecule has 0 rings (SSSR count). The van der Waals surface area contributed by atoms with Crippen molar-refractivity contribution in [2.24, 2.45) is 0 Å². The highest BCUT2D eigenvalue weighted by molar-refractivity contribution is 5.38. The minimum absolute atomic E-state index is 1.46. The first-order chi connectivity index (χ1) is 4.91. The monoisotopic (exact) mass is 128 g/mol. The smallest absolute Gasteiger partial charge is 0.124 e. The van der Waals surface area contributed by atoms with Crippen LogP contribution in [-0.4, -0.2) is 7.11 Å². The first kappa shape index (κ1) is 8.04. The molecule has 0 heterocycles. The Kier molecular flexibility index (Phi) is 5.66. The van der Waals surface area contributed by atoms with Crippen LogP contribution in [0.3, 0.4) is 0 Å². The van der Waals surface area contributed by atoms with Crippen molar-refractivity contribution in [3.63, 3.8) is 0 Å². The van der Waals surface area contributed by atoms with Crippen molar-refractivity contribution in [1.82, 2.24) is 0 Å². The van der Waals surface area contributed by atoms with Gasteiger partial charge >= 0.3 is 0 Å². The van der Waals surface area contributed by atoms with Gasteiger partial charge in [0.15, 0.2) is 0 Å². The van der Waals surface area contributed by atoms with Gasteiger partial charge in [0.1, 0.15) is 6.11 Å². The molecule has 0 aliphatic rings. The van der Waals surface area contributed by atoms with Gasteiger partial charge in [-0.25, -0.2) is 0 Å². The van der Waals surface area contributed by atoms with Gasteiger partial charge in [0.05, 0.1) is 7.11 Å². The third-order valence-corrected chi connectivity index (χ3v) is 0.475. The number of terminal acetylenes is 1. The quantitative estimate of drug-likeness (QED) is 0.424. The summed E-state index contributed by atoms with van der Waals surface area (Å²) in [6, 6.07) is 0. The maximum absolute atomic E-state index is 4.82. The molecule has 1 heteroatoms. The first-order valence-electron chi connectivity index (χ1n) is 2.40. The zero-order valence-electron chi connectivity index (χ0n) is 5.49. The van der Waals surface area contributed by atoms with E-state index < -0.39 is 0 Å². The van der Waals surface area contributed by atoms with E-state index in [0.29, 0.717) is 0 Å². The lowest BCUT2D eigenvalue weighted by Gasteiger charge is -1.69. The summed E-state index contributed by atoms with van der Waals surface area (Å²) >= 11 is 0. The molecule has 0 aliphatic heterocycles. The topological polar surface area (TPSA) is 9.23 Å². The van der Waals surface area contributed by atoms with Crippen molar-refractivity contribution in [1.29, 1.82) is 0 Å². The fourth-order valence-electron chi connectivity index (χ4n) is 0.206. The molecule has 0 amide bonds. The molecule has 10 heavy (non-hydrogen) atoms. The molecule has 46 valence electrons. The van der Waals surface area contributed by atoms with E-state index in [-0.39, 0.29) is 0 Å². The lowest BCUT2D eigenvalue weighted by molar-refractivity contribution is 0.372. The highest BCUT2D eigenvalue weighted by Gasteiger charge is 1.54. The van der Waals surface area contributed by atoms with Crippen LogP contribution in [0.1, 0.15) is 0 Å². The van der Waals surface area contributed by atoms with Crippen molar-refractivity contribution in [3.05, 3.63) is 0 Å². The maximum atomic E-state index is 4.82. The Labute approximate surface area is 60.8 Å². The largest absolute Gasteiger partial charge is 0.449 e. The van der Waals surface area contributed by atoms with Gasteiger partial charge in [-0.15, -0.1) is 6.42 Å². The van der Waals surface area contributed by atoms with Crippen LogP contribution in [0.5, 0.6) is 0 Å². The van der Waals surface area contributed by atoms with E-state index in [0.717, 1.165) is 0 Å². The van der Waals surface area contributed by atoms with Crippen LogP contribution in [0.15, 0.2) is 0 Å². The van der Waals surface area contributed by atoms with Crippen LogP contribution < -0.4 is 0 Å². The fraction of sp³-hybridized carbons (Fsp3) is 0.111. The van der Waals surface area contributed by atoms with Crippen LogP contribution in [-0.2, 0) is 4.74 Å². The van der Waals surface area contributed by atoms with Gasteiger partial charge in [0.25, 0.3) is 0 Å². The maximum Gasteiger partial charge on any atom is 0.124 e. The number of hydrogen-bond acceptors (Lipinski definition) is 1. The lowest BCUT2D eigenvalue weighted by Crippen LogP contribution is -1.61. The summed E-state index contributed by atoms with van der Waals surface area (Å²) < 4.78 is 4.40. The van der Waals surface area contributed by atoms with Crippen molar-refractivity contribution >= 4 is 0 Å². The predicted molar refractivity (Wildman–Crippen MR) is 39.2 cm³/mol.